The van der Waals surface area contributed by atoms with Gasteiger partial charge < -0.3 is 10.1 Å². The highest BCUT2D eigenvalue weighted by Crippen LogP contribution is 2.18. The number of benzene rings is 1. The maximum absolute atomic E-state index is 12.5. The van der Waals surface area contributed by atoms with Gasteiger partial charge in [-0.15, -0.1) is 0 Å². The third-order valence-electron chi connectivity index (χ3n) is 4.16. The number of carbonyl (C=O) groups is 2. The van der Waals surface area contributed by atoms with Gasteiger partial charge >= 0.3 is 5.97 Å². The third kappa shape index (κ3) is 5.86. The van der Waals surface area contributed by atoms with Crippen molar-refractivity contribution in [2.45, 2.75) is 24.3 Å². The minimum absolute atomic E-state index is 0.00677. The fraction of sp³-hybridized carbons (Fsp3) is 0.143. The zero-order valence-electron chi connectivity index (χ0n) is 16.6. The van der Waals surface area contributed by atoms with Crippen molar-refractivity contribution in [1.29, 1.82) is 0 Å². The van der Waals surface area contributed by atoms with E-state index in [1.807, 2.05) is 0 Å². The van der Waals surface area contributed by atoms with Crippen molar-refractivity contribution < 1.29 is 22.7 Å². The molecule has 1 aromatic carbocycles. The van der Waals surface area contributed by atoms with Gasteiger partial charge in [0.05, 0.1) is 10.5 Å². The van der Waals surface area contributed by atoms with Crippen molar-refractivity contribution in [3.05, 3.63) is 78.8 Å². The van der Waals surface area contributed by atoms with Crippen LogP contribution in [0.1, 0.15) is 23.7 Å². The van der Waals surface area contributed by atoms with E-state index in [4.69, 9.17) is 4.74 Å². The van der Waals surface area contributed by atoms with E-state index in [-0.39, 0.29) is 22.7 Å². The number of nitrogens with zero attached hydrogens (tertiary/aromatic N) is 2. The second-order valence-electron chi connectivity index (χ2n) is 6.37. The lowest BCUT2D eigenvalue weighted by Gasteiger charge is -2.16. The molecular weight excluding hydrogens is 420 g/mol. The number of nitrogens with one attached hydrogen (secondary N) is 2. The molecule has 0 spiro atoms. The summed E-state index contributed by atoms with van der Waals surface area (Å²) in [5.41, 5.74) is 0.649. The number of carbonyl (C=O) groups excluding carboxylic acids is 2. The first-order valence-corrected chi connectivity index (χ1v) is 10.8. The molecule has 0 saturated heterocycles. The summed E-state index contributed by atoms with van der Waals surface area (Å²) in [7, 11) is -3.83. The first kappa shape index (κ1) is 21.9. The number of amides is 1. The molecule has 2 heterocycles. The van der Waals surface area contributed by atoms with Gasteiger partial charge in [0.15, 0.2) is 6.10 Å². The molecule has 0 aliphatic rings. The van der Waals surface area contributed by atoms with Crippen LogP contribution in [-0.4, -0.2) is 36.4 Å². The molecule has 0 saturated carbocycles. The van der Waals surface area contributed by atoms with Crippen LogP contribution in [0, 0.1) is 0 Å². The molecule has 31 heavy (non-hydrogen) atoms. The average Bonchev–Trinajstić information content (AvgIpc) is 2.78. The van der Waals surface area contributed by atoms with Gasteiger partial charge in [0.2, 0.25) is 0 Å². The molecule has 1 unspecified atom stereocenters. The van der Waals surface area contributed by atoms with Crippen molar-refractivity contribution in [2.75, 3.05) is 10.0 Å². The van der Waals surface area contributed by atoms with Crippen molar-refractivity contribution in [2.24, 2.45) is 0 Å². The van der Waals surface area contributed by atoms with Crippen LogP contribution in [0.15, 0.2) is 78.1 Å². The van der Waals surface area contributed by atoms with E-state index in [1.165, 1.54) is 61.1 Å². The summed E-state index contributed by atoms with van der Waals surface area (Å²) in [6.07, 6.45) is 3.65. The Balaban J connectivity index is 1.64. The Bertz CT molecular complexity index is 1140. The Morgan fingerprint density at radius 3 is 2.32 bits per heavy atom. The third-order valence-corrected chi connectivity index (χ3v) is 5.54. The lowest BCUT2D eigenvalue weighted by molar-refractivity contribution is -0.124. The number of anilines is 2. The highest BCUT2D eigenvalue weighted by Gasteiger charge is 2.22. The van der Waals surface area contributed by atoms with Gasteiger partial charge in [-0.05, 0) is 55.0 Å². The molecule has 3 rings (SSSR count). The smallest absolute Gasteiger partial charge is 0.339 e. The van der Waals surface area contributed by atoms with Gasteiger partial charge in [0.25, 0.3) is 15.9 Å². The number of pyridine rings is 2. The molecule has 1 atom stereocenters. The highest BCUT2D eigenvalue weighted by atomic mass is 32.2. The summed E-state index contributed by atoms with van der Waals surface area (Å²) in [5.74, 6) is -0.958. The van der Waals surface area contributed by atoms with E-state index >= 15 is 0 Å². The summed E-state index contributed by atoms with van der Waals surface area (Å²) in [5, 5.41) is 2.62. The van der Waals surface area contributed by atoms with E-state index in [0.29, 0.717) is 5.69 Å². The highest BCUT2D eigenvalue weighted by molar-refractivity contribution is 7.92. The van der Waals surface area contributed by atoms with Gasteiger partial charge in [-0.3, -0.25) is 14.5 Å². The van der Waals surface area contributed by atoms with E-state index < -0.39 is 28.0 Å². The van der Waals surface area contributed by atoms with E-state index in [0.717, 1.165) is 0 Å². The standard InChI is InChI=1S/C21H20N4O5S/c1-2-18(30-21(27)15-10-13-22-14-11-15)20(26)24-16-6-8-17(9-7-16)31(28,29)25-19-5-3-4-12-23-19/h3-14,18H,2H2,1H3,(H,23,25)(H,24,26). The molecule has 1 amide bonds. The van der Waals surface area contributed by atoms with Crippen molar-refractivity contribution in [1.82, 2.24) is 9.97 Å². The molecular formula is C21H20N4O5S. The fourth-order valence-electron chi connectivity index (χ4n) is 2.57. The molecule has 0 radical (unpaired) electrons. The summed E-state index contributed by atoms with van der Waals surface area (Å²) < 4.78 is 32.5. The van der Waals surface area contributed by atoms with Crippen LogP contribution >= 0.6 is 0 Å². The van der Waals surface area contributed by atoms with Crippen molar-refractivity contribution in [3.8, 4) is 0 Å². The number of hydrogen-bond acceptors (Lipinski definition) is 7. The second kappa shape index (κ2) is 9.81. The molecule has 0 fully saturated rings. The van der Waals surface area contributed by atoms with Crippen LogP contribution in [0.5, 0.6) is 0 Å². The summed E-state index contributed by atoms with van der Waals surface area (Å²) in [6, 6.07) is 13.4. The quantitative estimate of drug-likeness (QED) is 0.516. The first-order chi connectivity index (χ1) is 14.9. The molecule has 160 valence electrons. The van der Waals surface area contributed by atoms with Crippen LogP contribution in [-0.2, 0) is 19.6 Å². The second-order valence-corrected chi connectivity index (χ2v) is 8.05. The lowest BCUT2D eigenvalue weighted by atomic mass is 10.2. The normalized spacial score (nSPS) is 11.9. The van der Waals surface area contributed by atoms with Crippen molar-refractivity contribution in [3.63, 3.8) is 0 Å². The van der Waals surface area contributed by atoms with E-state index in [9.17, 15) is 18.0 Å². The van der Waals surface area contributed by atoms with Crippen LogP contribution in [0.2, 0.25) is 0 Å². The SMILES string of the molecule is CCC(OC(=O)c1ccncc1)C(=O)Nc1ccc(S(=O)(=O)Nc2ccccn2)cc1. The Hall–Kier alpha value is -3.79. The monoisotopic (exact) mass is 440 g/mol. The number of sulfonamides is 1. The Labute approximate surface area is 179 Å². The van der Waals surface area contributed by atoms with Gasteiger partial charge in [0, 0.05) is 24.3 Å². The molecule has 0 aliphatic carbocycles. The minimum atomic E-state index is -3.83. The maximum Gasteiger partial charge on any atom is 0.339 e. The maximum atomic E-state index is 12.5. The predicted molar refractivity (Wildman–Crippen MR) is 114 cm³/mol. The summed E-state index contributed by atoms with van der Waals surface area (Å²) in [6.45, 7) is 1.71. The Morgan fingerprint density at radius 1 is 1.00 bits per heavy atom. The molecule has 0 aliphatic heterocycles. The predicted octanol–water partition coefficient (Wildman–Crippen LogP) is 2.85. The van der Waals surface area contributed by atoms with Gasteiger partial charge in [-0.25, -0.2) is 18.2 Å². The lowest BCUT2D eigenvalue weighted by Crippen LogP contribution is -2.32. The van der Waals surface area contributed by atoms with Crippen LogP contribution in [0.3, 0.4) is 0 Å². The largest absolute Gasteiger partial charge is 0.449 e. The summed E-state index contributed by atoms with van der Waals surface area (Å²) in [4.78, 5) is 32.4. The number of ether oxygens (including phenoxy) is 1. The summed E-state index contributed by atoms with van der Waals surface area (Å²) >= 11 is 0. The average molecular weight is 440 g/mol. The topological polar surface area (TPSA) is 127 Å². The Kier molecular flexibility index (Phi) is 6.93. The zero-order chi connectivity index (χ0) is 22.3. The Morgan fingerprint density at radius 2 is 1.71 bits per heavy atom. The van der Waals surface area contributed by atoms with E-state index in [2.05, 4.69) is 20.0 Å². The van der Waals surface area contributed by atoms with Crippen LogP contribution < -0.4 is 10.0 Å². The van der Waals surface area contributed by atoms with Gasteiger partial charge in [-0.1, -0.05) is 13.0 Å². The van der Waals surface area contributed by atoms with Crippen LogP contribution in [0.4, 0.5) is 11.5 Å². The van der Waals surface area contributed by atoms with Gasteiger partial charge in [0.1, 0.15) is 5.82 Å². The number of rotatable bonds is 8. The minimum Gasteiger partial charge on any atom is -0.449 e. The first-order valence-electron chi connectivity index (χ1n) is 9.35. The van der Waals surface area contributed by atoms with Crippen molar-refractivity contribution >= 4 is 33.4 Å². The zero-order valence-corrected chi connectivity index (χ0v) is 17.4. The molecule has 9 nitrogen and oxygen atoms in total. The molecule has 2 aromatic heterocycles. The number of aromatic nitrogens is 2. The molecule has 3 aromatic rings. The van der Waals surface area contributed by atoms with E-state index in [1.54, 1.807) is 19.1 Å². The number of hydrogen-bond donors (Lipinski definition) is 2. The molecule has 10 heteroatoms. The number of esters is 1. The van der Waals surface area contributed by atoms with Crippen LogP contribution in [0.25, 0.3) is 0 Å². The molecule has 2 N–H and O–H groups in total. The molecule has 0 bridgehead atoms. The fourth-order valence-corrected chi connectivity index (χ4v) is 3.58. The van der Waals surface area contributed by atoms with Gasteiger partial charge in [-0.2, -0.15) is 0 Å².